The van der Waals surface area contributed by atoms with Gasteiger partial charge in [0.25, 0.3) is 5.91 Å². The van der Waals surface area contributed by atoms with Crippen LogP contribution in [0.5, 0.6) is 0 Å². The average Bonchev–Trinajstić information content (AvgIpc) is 2.43. The van der Waals surface area contributed by atoms with Crippen molar-refractivity contribution in [2.75, 3.05) is 13.6 Å². The van der Waals surface area contributed by atoms with E-state index in [1.807, 2.05) is 0 Å². The molecule has 3 N–H and O–H groups in total. The fourth-order valence-corrected chi connectivity index (χ4v) is 1.40. The van der Waals surface area contributed by atoms with Crippen LogP contribution >= 0.6 is 0 Å². The molecule has 0 aromatic heterocycles. The fraction of sp³-hybridized carbons (Fsp3) is 0.667. The molecule has 0 spiro atoms. The molecule has 0 aromatic carbocycles. The summed E-state index contributed by atoms with van der Waals surface area (Å²) in [5.74, 6) is -0.841. The van der Waals surface area contributed by atoms with Crippen LogP contribution in [-0.4, -0.2) is 42.3 Å². The molecule has 3 amide bonds. The van der Waals surface area contributed by atoms with Crippen LogP contribution in [0.25, 0.3) is 0 Å². The number of nitrogens with two attached hydrogens (primary N) is 1. The first-order valence-electron chi connectivity index (χ1n) is 4.86. The Labute approximate surface area is 87.8 Å². The smallest absolute Gasteiger partial charge is 0.252 e. The first kappa shape index (κ1) is 11.6. The number of nitrogens with zero attached hydrogens (tertiary/aromatic N) is 1. The van der Waals surface area contributed by atoms with Crippen LogP contribution in [0.4, 0.5) is 0 Å². The molecule has 1 fully saturated rings. The van der Waals surface area contributed by atoms with Gasteiger partial charge in [0, 0.05) is 13.5 Å². The predicted octanol–water partition coefficient (Wildman–Crippen LogP) is -1.40. The zero-order valence-electron chi connectivity index (χ0n) is 8.66. The van der Waals surface area contributed by atoms with Gasteiger partial charge in [-0.05, 0) is 13.0 Å². The minimum absolute atomic E-state index is 0.0592. The third-order valence-corrected chi connectivity index (χ3v) is 2.32. The van der Waals surface area contributed by atoms with Crippen LogP contribution in [0.3, 0.4) is 0 Å². The van der Waals surface area contributed by atoms with E-state index in [0.29, 0.717) is 13.0 Å². The highest BCUT2D eigenvalue weighted by atomic mass is 16.2. The Morgan fingerprint density at radius 2 is 2.27 bits per heavy atom. The van der Waals surface area contributed by atoms with Crippen LogP contribution in [-0.2, 0) is 14.4 Å². The second-order valence-corrected chi connectivity index (χ2v) is 3.51. The van der Waals surface area contributed by atoms with E-state index in [1.54, 1.807) is 0 Å². The summed E-state index contributed by atoms with van der Waals surface area (Å²) in [6.45, 7) is 0.435. The number of rotatable bonds is 4. The van der Waals surface area contributed by atoms with Gasteiger partial charge in [-0.1, -0.05) is 0 Å². The van der Waals surface area contributed by atoms with Crippen molar-refractivity contribution >= 4 is 17.7 Å². The molecule has 1 unspecified atom stereocenters. The van der Waals surface area contributed by atoms with Crippen LogP contribution in [0.2, 0.25) is 0 Å². The highest BCUT2D eigenvalue weighted by Gasteiger charge is 2.36. The Morgan fingerprint density at radius 1 is 1.60 bits per heavy atom. The van der Waals surface area contributed by atoms with Gasteiger partial charge in [-0.15, -0.1) is 0 Å². The summed E-state index contributed by atoms with van der Waals surface area (Å²) >= 11 is 0. The number of imide groups is 1. The van der Waals surface area contributed by atoms with Gasteiger partial charge >= 0.3 is 0 Å². The SMILES string of the molecule is CN1C(=O)CC(NC(=O)CCCN)C1=O. The highest BCUT2D eigenvalue weighted by molar-refractivity contribution is 6.06. The second-order valence-electron chi connectivity index (χ2n) is 3.51. The maximum Gasteiger partial charge on any atom is 0.252 e. The van der Waals surface area contributed by atoms with Gasteiger partial charge < -0.3 is 11.1 Å². The second kappa shape index (κ2) is 4.88. The van der Waals surface area contributed by atoms with Crippen molar-refractivity contribution < 1.29 is 14.4 Å². The minimum Gasteiger partial charge on any atom is -0.344 e. The largest absolute Gasteiger partial charge is 0.344 e. The van der Waals surface area contributed by atoms with E-state index in [1.165, 1.54) is 7.05 Å². The van der Waals surface area contributed by atoms with Gasteiger partial charge in [-0.3, -0.25) is 19.3 Å². The monoisotopic (exact) mass is 213 g/mol. The van der Waals surface area contributed by atoms with Crippen LogP contribution in [0.1, 0.15) is 19.3 Å². The number of nitrogens with one attached hydrogen (secondary N) is 1. The molecule has 6 heteroatoms. The minimum atomic E-state index is -0.687. The van der Waals surface area contributed by atoms with Gasteiger partial charge in [0.1, 0.15) is 6.04 Å². The van der Waals surface area contributed by atoms with Crippen LogP contribution in [0, 0.1) is 0 Å². The molecule has 0 aliphatic carbocycles. The average molecular weight is 213 g/mol. The summed E-state index contributed by atoms with van der Waals surface area (Å²) in [4.78, 5) is 34.8. The van der Waals surface area contributed by atoms with Crippen molar-refractivity contribution in [2.24, 2.45) is 5.73 Å². The van der Waals surface area contributed by atoms with E-state index in [9.17, 15) is 14.4 Å². The number of carbonyl (C=O) groups excluding carboxylic acids is 3. The summed E-state index contributed by atoms with van der Waals surface area (Å²) in [7, 11) is 1.41. The van der Waals surface area contributed by atoms with Gasteiger partial charge in [-0.2, -0.15) is 0 Å². The van der Waals surface area contributed by atoms with Crippen molar-refractivity contribution in [1.29, 1.82) is 0 Å². The van der Waals surface area contributed by atoms with E-state index in [0.717, 1.165) is 4.90 Å². The lowest BCUT2D eigenvalue weighted by Crippen LogP contribution is -2.40. The van der Waals surface area contributed by atoms with Gasteiger partial charge in [0.2, 0.25) is 11.8 Å². The van der Waals surface area contributed by atoms with Gasteiger partial charge in [0.15, 0.2) is 0 Å². The topological polar surface area (TPSA) is 92.5 Å². The molecule has 6 nitrogen and oxygen atoms in total. The maximum atomic E-state index is 11.4. The summed E-state index contributed by atoms with van der Waals surface area (Å²) in [5.41, 5.74) is 5.25. The summed E-state index contributed by atoms with van der Waals surface area (Å²) in [6, 6.07) is -0.687. The lowest BCUT2D eigenvalue weighted by atomic mass is 10.2. The molecular formula is C9H15N3O3. The number of hydrogen-bond donors (Lipinski definition) is 2. The fourth-order valence-electron chi connectivity index (χ4n) is 1.40. The molecule has 1 atom stereocenters. The predicted molar refractivity (Wildman–Crippen MR) is 52.6 cm³/mol. The summed E-state index contributed by atoms with van der Waals surface area (Å²) in [6.07, 6.45) is 0.929. The van der Waals surface area contributed by atoms with Crippen molar-refractivity contribution in [3.05, 3.63) is 0 Å². The van der Waals surface area contributed by atoms with E-state index < -0.39 is 6.04 Å². The van der Waals surface area contributed by atoms with E-state index in [4.69, 9.17) is 5.73 Å². The molecule has 84 valence electrons. The standard InChI is InChI=1S/C9H15N3O3/c1-12-8(14)5-6(9(12)15)11-7(13)3-2-4-10/h6H,2-5,10H2,1H3,(H,11,13). The van der Waals surface area contributed by atoms with Crippen molar-refractivity contribution in [1.82, 2.24) is 10.2 Å². The maximum absolute atomic E-state index is 11.4. The molecule has 0 radical (unpaired) electrons. The Balaban J connectivity index is 2.43. The molecule has 1 heterocycles. The first-order chi connectivity index (χ1) is 7.06. The summed E-state index contributed by atoms with van der Waals surface area (Å²) < 4.78 is 0. The molecule has 0 bridgehead atoms. The Bertz CT molecular complexity index is 290. The molecular weight excluding hydrogens is 198 g/mol. The van der Waals surface area contributed by atoms with E-state index in [2.05, 4.69) is 5.32 Å². The third kappa shape index (κ3) is 2.76. The Hall–Kier alpha value is -1.43. The Morgan fingerprint density at radius 3 is 2.73 bits per heavy atom. The zero-order valence-corrected chi connectivity index (χ0v) is 8.66. The van der Waals surface area contributed by atoms with Crippen LogP contribution < -0.4 is 11.1 Å². The molecule has 0 aromatic rings. The lowest BCUT2D eigenvalue weighted by molar-refractivity contribution is -0.138. The zero-order chi connectivity index (χ0) is 11.4. The molecule has 1 aliphatic heterocycles. The van der Waals surface area contributed by atoms with Crippen molar-refractivity contribution in [2.45, 2.75) is 25.3 Å². The summed E-state index contributed by atoms with van der Waals surface area (Å²) in [5, 5.41) is 2.52. The van der Waals surface area contributed by atoms with Gasteiger partial charge in [-0.25, -0.2) is 0 Å². The first-order valence-corrected chi connectivity index (χ1v) is 4.86. The quantitative estimate of drug-likeness (QED) is 0.562. The molecule has 1 rings (SSSR count). The number of likely N-dealkylation sites (tertiary alicyclic amines) is 1. The number of carbonyl (C=O) groups is 3. The molecule has 1 saturated heterocycles. The highest BCUT2D eigenvalue weighted by Crippen LogP contribution is 2.10. The van der Waals surface area contributed by atoms with Crippen molar-refractivity contribution in [3.63, 3.8) is 0 Å². The van der Waals surface area contributed by atoms with E-state index >= 15 is 0 Å². The third-order valence-electron chi connectivity index (χ3n) is 2.32. The number of amides is 3. The molecule has 0 saturated carbocycles. The molecule has 15 heavy (non-hydrogen) atoms. The Kier molecular flexibility index (Phi) is 3.79. The lowest BCUT2D eigenvalue weighted by Gasteiger charge is -2.10. The molecule has 1 aliphatic rings. The number of hydrogen-bond acceptors (Lipinski definition) is 4. The van der Waals surface area contributed by atoms with Gasteiger partial charge in [0.05, 0.1) is 6.42 Å². The normalized spacial score (nSPS) is 20.9. The number of likely N-dealkylation sites (N-methyl/N-ethyl adjacent to an activating group) is 1. The van der Waals surface area contributed by atoms with E-state index in [-0.39, 0.29) is 30.6 Å². The van der Waals surface area contributed by atoms with Crippen molar-refractivity contribution in [3.8, 4) is 0 Å². The van der Waals surface area contributed by atoms with Crippen LogP contribution in [0.15, 0.2) is 0 Å².